The Hall–Kier alpha value is -5.24. The molecule has 0 saturated carbocycles. The van der Waals surface area contributed by atoms with Gasteiger partial charge in [0.2, 0.25) is 0 Å². The number of nitrogens with zero attached hydrogens (tertiary/aromatic N) is 2. The first-order valence-corrected chi connectivity index (χ1v) is 13.0. The van der Waals surface area contributed by atoms with Gasteiger partial charge in [-0.3, -0.25) is 14.6 Å². The fourth-order valence-corrected chi connectivity index (χ4v) is 4.83. The van der Waals surface area contributed by atoms with Crippen LogP contribution in [-0.4, -0.2) is 39.8 Å². The molecule has 1 atom stereocenters. The quantitative estimate of drug-likeness (QED) is 0.136. The van der Waals surface area contributed by atoms with E-state index in [1.165, 1.54) is 12.0 Å². The van der Waals surface area contributed by atoms with E-state index in [1.54, 1.807) is 73.1 Å². The molecule has 1 aromatic heterocycles. The third-order valence-corrected chi connectivity index (χ3v) is 6.88. The minimum Gasteiger partial charge on any atom is -0.507 e. The molecule has 8 heteroatoms. The number of amides is 1. The molecule has 41 heavy (non-hydrogen) atoms. The zero-order chi connectivity index (χ0) is 28.9. The summed E-state index contributed by atoms with van der Waals surface area (Å²) in [4.78, 5) is 44.1. The number of aryl methyl sites for hydroxylation is 1. The van der Waals surface area contributed by atoms with Gasteiger partial charge in [0.05, 0.1) is 24.3 Å². The van der Waals surface area contributed by atoms with E-state index in [4.69, 9.17) is 9.47 Å². The highest BCUT2D eigenvalue weighted by atomic mass is 16.5. The first-order valence-electron chi connectivity index (χ1n) is 13.0. The molecule has 1 saturated heterocycles. The van der Waals surface area contributed by atoms with Gasteiger partial charge < -0.3 is 19.5 Å². The molecular weight excluding hydrogens is 520 g/mol. The van der Waals surface area contributed by atoms with Gasteiger partial charge in [-0.2, -0.15) is 0 Å². The van der Waals surface area contributed by atoms with Crippen LogP contribution in [0.5, 0.6) is 5.75 Å². The van der Waals surface area contributed by atoms with Crippen molar-refractivity contribution in [3.8, 4) is 5.75 Å². The maximum Gasteiger partial charge on any atom is 0.337 e. The van der Waals surface area contributed by atoms with Gasteiger partial charge in [-0.1, -0.05) is 48.0 Å². The lowest BCUT2D eigenvalue weighted by Gasteiger charge is -2.25. The molecule has 1 aliphatic rings. The van der Waals surface area contributed by atoms with E-state index in [9.17, 15) is 19.5 Å². The summed E-state index contributed by atoms with van der Waals surface area (Å²) in [6, 6.07) is 23.8. The molecule has 1 N–H and O–H groups in total. The van der Waals surface area contributed by atoms with Crippen molar-refractivity contribution in [1.82, 2.24) is 9.88 Å². The largest absolute Gasteiger partial charge is 0.507 e. The predicted molar refractivity (Wildman–Crippen MR) is 152 cm³/mol. The number of methoxy groups -OCH3 is 1. The Morgan fingerprint density at radius 2 is 1.63 bits per heavy atom. The van der Waals surface area contributed by atoms with Crippen LogP contribution in [0.1, 0.15) is 44.2 Å². The molecule has 0 unspecified atom stereocenters. The Morgan fingerprint density at radius 1 is 0.927 bits per heavy atom. The summed E-state index contributed by atoms with van der Waals surface area (Å²) in [5.74, 6) is -1.76. The summed E-state index contributed by atoms with van der Waals surface area (Å²) >= 11 is 0. The molecule has 4 aromatic rings. The number of hydrogen-bond donors (Lipinski definition) is 1. The lowest BCUT2D eigenvalue weighted by Crippen LogP contribution is -2.29. The van der Waals surface area contributed by atoms with Gasteiger partial charge >= 0.3 is 5.97 Å². The summed E-state index contributed by atoms with van der Waals surface area (Å²) in [6.45, 7) is 2.50. The van der Waals surface area contributed by atoms with Crippen LogP contribution in [0, 0.1) is 6.92 Å². The summed E-state index contributed by atoms with van der Waals surface area (Å²) in [6.07, 6.45) is 3.24. The van der Waals surface area contributed by atoms with E-state index in [0.717, 1.165) is 16.7 Å². The van der Waals surface area contributed by atoms with Crippen molar-refractivity contribution in [1.29, 1.82) is 0 Å². The number of carbonyl (C=O) groups is 3. The van der Waals surface area contributed by atoms with Crippen molar-refractivity contribution in [2.24, 2.45) is 0 Å². The van der Waals surface area contributed by atoms with Gasteiger partial charge in [0, 0.05) is 24.5 Å². The number of ether oxygens (including phenoxy) is 2. The molecular formula is C33H28N2O6. The molecule has 0 radical (unpaired) electrons. The zero-order valence-electron chi connectivity index (χ0n) is 22.6. The molecule has 2 heterocycles. The number of hydrogen-bond acceptors (Lipinski definition) is 7. The van der Waals surface area contributed by atoms with Crippen LogP contribution in [-0.2, 0) is 27.5 Å². The SMILES string of the molecule is COC(=O)c1ccc([C@H]2C(=C(O)c3ccc(OCc4cccc(C)c4)cc3)C(=O)C(=O)N2Cc2cccnc2)cc1. The van der Waals surface area contributed by atoms with Gasteiger partial charge in [-0.25, -0.2) is 4.79 Å². The van der Waals surface area contributed by atoms with Crippen LogP contribution in [0.25, 0.3) is 5.76 Å². The first kappa shape index (κ1) is 27.3. The van der Waals surface area contributed by atoms with Crippen molar-refractivity contribution in [2.75, 3.05) is 7.11 Å². The monoisotopic (exact) mass is 548 g/mol. The zero-order valence-corrected chi connectivity index (χ0v) is 22.6. The van der Waals surface area contributed by atoms with Crippen LogP contribution in [0.3, 0.4) is 0 Å². The molecule has 206 valence electrons. The van der Waals surface area contributed by atoms with E-state index >= 15 is 0 Å². The third kappa shape index (κ3) is 5.86. The van der Waals surface area contributed by atoms with Crippen molar-refractivity contribution in [3.63, 3.8) is 0 Å². The Kier molecular flexibility index (Phi) is 7.92. The fraction of sp³-hybridized carbons (Fsp3) is 0.152. The fourth-order valence-electron chi connectivity index (χ4n) is 4.83. The molecule has 5 rings (SSSR count). The number of ketones is 1. The van der Waals surface area contributed by atoms with E-state index in [2.05, 4.69) is 4.98 Å². The number of carbonyl (C=O) groups excluding carboxylic acids is 3. The average molecular weight is 549 g/mol. The van der Waals surface area contributed by atoms with Crippen molar-refractivity contribution in [3.05, 3.63) is 136 Å². The number of likely N-dealkylation sites (tertiary alicyclic amines) is 1. The smallest absolute Gasteiger partial charge is 0.337 e. The summed E-state index contributed by atoms with van der Waals surface area (Å²) in [5, 5.41) is 11.4. The number of Topliss-reactive ketones (excluding diaryl/α,β-unsaturated/α-hetero) is 1. The van der Waals surface area contributed by atoms with Crippen LogP contribution in [0.15, 0.2) is 103 Å². The minimum absolute atomic E-state index is 0.0434. The molecule has 3 aromatic carbocycles. The molecule has 0 bridgehead atoms. The van der Waals surface area contributed by atoms with Crippen LogP contribution in [0.2, 0.25) is 0 Å². The first-order chi connectivity index (χ1) is 19.9. The van der Waals surface area contributed by atoms with Crippen LogP contribution >= 0.6 is 0 Å². The number of benzene rings is 3. The summed E-state index contributed by atoms with van der Waals surface area (Å²) in [7, 11) is 1.29. The number of aliphatic hydroxyl groups is 1. The van der Waals surface area contributed by atoms with E-state index in [0.29, 0.717) is 29.0 Å². The number of esters is 1. The normalized spacial score (nSPS) is 16.0. The topological polar surface area (TPSA) is 106 Å². The van der Waals surface area contributed by atoms with Crippen molar-refractivity contribution in [2.45, 2.75) is 26.1 Å². The third-order valence-electron chi connectivity index (χ3n) is 6.88. The standard InChI is InChI=1S/C33H28N2O6/c1-21-5-3-6-22(17-21)20-41-27-14-12-25(13-15-27)30(36)28-29(24-8-10-26(11-9-24)33(39)40-2)35(32(38)31(28)37)19-23-7-4-16-34-18-23/h3-18,29,36H,19-20H2,1-2H3/t29-/m0/s1. The van der Waals surface area contributed by atoms with Crippen LogP contribution < -0.4 is 4.74 Å². The molecule has 1 amide bonds. The highest BCUT2D eigenvalue weighted by molar-refractivity contribution is 6.46. The molecule has 1 fully saturated rings. The summed E-state index contributed by atoms with van der Waals surface area (Å²) < 4.78 is 10.7. The second kappa shape index (κ2) is 11.9. The Balaban J connectivity index is 1.48. The van der Waals surface area contributed by atoms with Crippen LogP contribution in [0.4, 0.5) is 0 Å². The molecule has 0 spiro atoms. The van der Waals surface area contributed by atoms with Gasteiger partial charge in [0.15, 0.2) is 0 Å². The Morgan fingerprint density at radius 3 is 2.29 bits per heavy atom. The number of pyridine rings is 1. The highest BCUT2D eigenvalue weighted by Crippen LogP contribution is 2.40. The number of aromatic nitrogens is 1. The lowest BCUT2D eigenvalue weighted by atomic mass is 9.94. The van der Waals surface area contributed by atoms with Crippen molar-refractivity contribution >= 4 is 23.4 Å². The molecule has 8 nitrogen and oxygen atoms in total. The number of rotatable bonds is 8. The van der Waals surface area contributed by atoms with E-state index in [-0.39, 0.29) is 17.9 Å². The van der Waals surface area contributed by atoms with Crippen molar-refractivity contribution < 1.29 is 29.0 Å². The van der Waals surface area contributed by atoms with E-state index < -0.39 is 23.7 Å². The van der Waals surface area contributed by atoms with E-state index in [1.807, 2.05) is 31.2 Å². The number of aliphatic hydroxyl groups excluding tert-OH is 1. The lowest BCUT2D eigenvalue weighted by molar-refractivity contribution is -0.140. The second-order valence-corrected chi connectivity index (χ2v) is 9.70. The van der Waals surface area contributed by atoms with Gasteiger partial charge in [-0.05, 0) is 66.1 Å². The minimum atomic E-state index is -0.890. The van der Waals surface area contributed by atoms with Gasteiger partial charge in [0.1, 0.15) is 18.1 Å². The Bertz CT molecular complexity index is 1610. The highest BCUT2D eigenvalue weighted by Gasteiger charge is 2.46. The van der Waals surface area contributed by atoms with Gasteiger partial charge in [0.25, 0.3) is 11.7 Å². The predicted octanol–water partition coefficient (Wildman–Crippen LogP) is 5.38. The Labute approximate surface area is 237 Å². The average Bonchev–Trinajstić information content (AvgIpc) is 3.25. The molecule has 0 aliphatic carbocycles. The summed E-state index contributed by atoms with van der Waals surface area (Å²) in [5.41, 5.74) is 4.09. The maximum absolute atomic E-state index is 13.4. The molecule has 1 aliphatic heterocycles. The maximum atomic E-state index is 13.4. The van der Waals surface area contributed by atoms with Gasteiger partial charge in [-0.15, -0.1) is 0 Å². The second-order valence-electron chi connectivity index (χ2n) is 9.70.